The van der Waals surface area contributed by atoms with Gasteiger partial charge in [-0.2, -0.15) is 13.2 Å². The largest absolute Gasteiger partial charge is 0.419 e. The molecular formula is C22H15F4N5O. The lowest BCUT2D eigenvalue weighted by molar-refractivity contribution is -0.139. The van der Waals surface area contributed by atoms with Crippen LogP contribution in [0.3, 0.4) is 0 Å². The van der Waals surface area contributed by atoms with Crippen molar-refractivity contribution in [3.05, 3.63) is 90.8 Å². The second-order valence-corrected chi connectivity index (χ2v) is 6.68. The first kappa shape index (κ1) is 21.0. The van der Waals surface area contributed by atoms with Gasteiger partial charge in [-0.1, -0.05) is 0 Å². The molecule has 2 amide bonds. The smallest absolute Gasteiger partial charge is 0.308 e. The number of amides is 2. The fourth-order valence-electron chi connectivity index (χ4n) is 3.05. The average Bonchev–Trinajstić information content (AvgIpc) is 3.25. The van der Waals surface area contributed by atoms with E-state index >= 15 is 0 Å². The summed E-state index contributed by atoms with van der Waals surface area (Å²) in [5.74, 6) is -0.702. The minimum absolute atomic E-state index is 0.187. The summed E-state index contributed by atoms with van der Waals surface area (Å²) >= 11 is 0. The van der Waals surface area contributed by atoms with Crippen LogP contribution in [-0.4, -0.2) is 20.6 Å². The van der Waals surface area contributed by atoms with Gasteiger partial charge in [-0.05, 0) is 54.6 Å². The van der Waals surface area contributed by atoms with Crippen molar-refractivity contribution in [3.63, 3.8) is 0 Å². The van der Waals surface area contributed by atoms with Crippen molar-refractivity contribution in [2.24, 2.45) is 0 Å². The maximum Gasteiger partial charge on any atom is 0.419 e. The molecule has 2 aromatic heterocycles. The van der Waals surface area contributed by atoms with Crippen LogP contribution >= 0.6 is 0 Å². The zero-order valence-electron chi connectivity index (χ0n) is 16.3. The Morgan fingerprint density at radius 1 is 0.875 bits per heavy atom. The van der Waals surface area contributed by atoms with Crippen LogP contribution < -0.4 is 10.6 Å². The van der Waals surface area contributed by atoms with Crippen molar-refractivity contribution >= 4 is 17.4 Å². The summed E-state index contributed by atoms with van der Waals surface area (Å²) in [6, 6.07) is 11.9. The van der Waals surface area contributed by atoms with Crippen LogP contribution in [0.5, 0.6) is 0 Å². The van der Waals surface area contributed by atoms with Gasteiger partial charge in [-0.15, -0.1) is 0 Å². The number of halogens is 4. The predicted molar refractivity (Wildman–Crippen MR) is 111 cm³/mol. The monoisotopic (exact) mass is 441 g/mol. The van der Waals surface area contributed by atoms with Gasteiger partial charge in [0.2, 0.25) is 0 Å². The lowest BCUT2D eigenvalue weighted by atomic mass is 10.2. The second-order valence-electron chi connectivity index (χ2n) is 6.68. The van der Waals surface area contributed by atoms with E-state index in [9.17, 15) is 22.4 Å². The minimum atomic E-state index is -4.86. The summed E-state index contributed by atoms with van der Waals surface area (Å²) in [7, 11) is 0. The molecule has 2 N–H and O–H groups in total. The van der Waals surface area contributed by atoms with Gasteiger partial charge in [0.25, 0.3) is 0 Å². The number of carbonyl (C=O) groups is 1. The molecule has 0 fully saturated rings. The Balaban J connectivity index is 1.46. The molecule has 0 spiro atoms. The van der Waals surface area contributed by atoms with Gasteiger partial charge < -0.3 is 10.6 Å². The Morgan fingerprint density at radius 3 is 2.22 bits per heavy atom. The number of carbonyl (C=O) groups excluding carboxylic acids is 1. The van der Waals surface area contributed by atoms with Gasteiger partial charge in [-0.3, -0.25) is 9.55 Å². The number of hydrogen-bond donors (Lipinski definition) is 2. The van der Waals surface area contributed by atoms with Crippen LogP contribution in [0.2, 0.25) is 0 Å². The van der Waals surface area contributed by atoms with E-state index in [-0.39, 0.29) is 5.69 Å². The molecule has 4 aromatic rings. The van der Waals surface area contributed by atoms with Crippen LogP contribution in [0, 0.1) is 5.82 Å². The number of alkyl halides is 3. The molecule has 162 valence electrons. The highest BCUT2D eigenvalue weighted by Crippen LogP contribution is 2.33. The topological polar surface area (TPSA) is 71.8 Å². The Morgan fingerprint density at radius 2 is 1.53 bits per heavy atom. The number of benzene rings is 2. The maximum atomic E-state index is 13.4. The van der Waals surface area contributed by atoms with Crippen molar-refractivity contribution in [2.75, 3.05) is 10.6 Å². The summed E-state index contributed by atoms with van der Waals surface area (Å²) in [4.78, 5) is 20.5. The zero-order valence-corrected chi connectivity index (χ0v) is 16.3. The summed E-state index contributed by atoms with van der Waals surface area (Å²) in [5.41, 5.74) is 0.436. The molecule has 0 radical (unpaired) electrons. The number of rotatable bonds is 4. The van der Waals surface area contributed by atoms with E-state index in [1.54, 1.807) is 49.1 Å². The van der Waals surface area contributed by atoms with E-state index in [0.717, 1.165) is 17.3 Å². The molecule has 0 atom stereocenters. The lowest BCUT2D eigenvalue weighted by Crippen LogP contribution is -2.20. The number of anilines is 2. The molecule has 4 rings (SSSR count). The normalized spacial score (nSPS) is 11.2. The Bertz CT molecular complexity index is 1240. The maximum absolute atomic E-state index is 13.4. The predicted octanol–water partition coefficient (Wildman–Crippen LogP) is 5.74. The number of nitrogens with zero attached hydrogens (tertiary/aromatic N) is 3. The van der Waals surface area contributed by atoms with Gasteiger partial charge in [0.05, 0.1) is 5.56 Å². The lowest BCUT2D eigenvalue weighted by Gasteiger charge is -2.12. The van der Waals surface area contributed by atoms with E-state index in [4.69, 9.17) is 0 Å². The van der Waals surface area contributed by atoms with Gasteiger partial charge in [0, 0.05) is 47.4 Å². The van der Waals surface area contributed by atoms with Crippen molar-refractivity contribution in [1.29, 1.82) is 0 Å². The summed E-state index contributed by atoms with van der Waals surface area (Å²) < 4.78 is 53.7. The van der Waals surface area contributed by atoms with Gasteiger partial charge in [-0.25, -0.2) is 14.2 Å². The molecule has 0 aliphatic heterocycles. The summed E-state index contributed by atoms with van der Waals surface area (Å²) in [6.07, 6.45) is 1.92. The third kappa shape index (κ3) is 4.59. The average molecular weight is 441 g/mol. The third-order valence-corrected chi connectivity index (χ3v) is 4.51. The van der Waals surface area contributed by atoms with Crippen molar-refractivity contribution in [2.45, 2.75) is 6.18 Å². The number of nitrogens with one attached hydrogen (secondary N) is 2. The second kappa shape index (κ2) is 8.50. The molecular weight excluding hydrogens is 426 g/mol. The first-order valence-corrected chi connectivity index (χ1v) is 9.30. The van der Waals surface area contributed by atoms with E-state index in [0.29, 0.717) is 23.6 Å². The van der Waals surface area contributed by atoms with Gasteiger partial charge >= 0.3 is 12.2 Å². The molecule has 0 aliphatic carbocycles. The number of aromatic nitrogens is 3. The SMILES string of the molecule is O=C(Nc1ccc(-n2ccnc2-c2ccncc2)cc1)Nc1ccc(F)c(C(F)(F)F)c1. The molecule has 2 heterocycles. The highest BCUT2D eigenvalue weighted by Gasteiger charge is 2.34. The van der Waals surface area contributed by atoms with E-state index in [2.05, 4.69) is 20.6 Å². The summed E-state index contributed by atoms with van der Waals surface area (Å²) in [5, 5.41) is 4.79. The Labute approximate surface area is 179 Å². The number of hydrogen-bond acceptors (Lipinski definition) is 3. The van der Waals surface area contributed by atoms with Crippen molar-refractivity contribution < 1.29 is 22.4 Å². The first-order valence-electron chi connectivity index (χ1n) is 9.30. The van der Waals surface area contributed by atoms with Gasteiger partial charge in [0.1, 0.15) is 11.6 Å². The number of urea groups is 1. The molecule has 0 bridgehead atoms. The quantitative estimate of drug-likeness (QED) is 0.397. The molecule has 0 saturated heterocycles. The third-order valence-electron chi connectivity index (χ3n) is 4.51. The van der Waals surface area contributed by atoms with Crippen molar-refractivity contribution in [3.8, 4) is 17.1 Å². The molecule has 0 aliphatic rings. The molecule has 32 heavy (non-hydrogen) atoms. The standard InChI is InChI=1S/C22H15F4N5O/c23-19-6-3-16(13-18(19)22(24,25)26)30-21(32)29-15-1-4-17(5-2-15)31-12-11-28-20(31)14-7-9-27-10-8-14/h1-13H,(H2,29,30,32). The minimum Gasteiger partial charge on any atom is -0.308 e. The molecule has 6 nitrogen and oxygen atoms in total. The molecule has 10 heteroatoms. The van der Waals surface area contributed by atoms with E-state index < -0.39 is 23.6 Å². The van der Waals surface area contributed by atoms with Crippen LogP contribution in [0.25, 0.3) is 17.1 Å². The fourth-order valence-corrected chi connectivity index (χ4v) is 3.05. The Kier molecular flexibility index (Phi) is 5.59. The summed E-state index contributed by atoms with van der Waals surface area (Å²) in [6.45, 7) is 0. The highest BCUT2D eigenvalue weighted by molar-refractivity contribution is 5.99. The van der Waals surface area contributed by atoms with Crippen LogP contribution in [0.15, 0.2) is 79.4 Å². The van der Waals surface area contributed by atoms with Crippen LogP contribution in [0.4, 0.5) is 33.7 Å². The van der Waals surface area contributed by atoms with E-state index in [1.807, 2.05) is 16.7 Å². The number of pyridine rings is 1. The molecule has 0 saturated carbocycles. The Hall–Kier alpha value is -4.21. The molecule has 0 unspecified atom stereocenters. The van der Waals surface area contributed by atoms with Crippen LogP contribution in [-0.2, 0) is 6.18 Å². The fraction of sp³-hybridized carbons (Fsp3) is 0.0455. The first-order chi connectivity index (χ1) is 15.3. The highest BCUT2D eigenvalue weighted by atomic mass is 19.4. The zero-order chi connectivity index (χ0) is 22.7. The van der Waals surface area contributed by atoms with Gasteiger partial charge in [0.15, 0.2) is 0 Å². The molecule has 2 aromatic carbocycles. The van der Waals surface area contributed by atoms with Crippen LogP contribution in [0.1, 0.15) is 5.56 Å². The van der Waals surface area contributed by atoms with E-state index in [1.165, 1.54) is 0 Å². The van der Waals surface area contributed by atoms with Crippen molar-refractivity contribution in [1.82, 2.24) is 14.5 Å². The number of imidazole rings is 1.